The summed E-state index contributed by atoms with van der Waals surface area (Å²) < 4.78 is 43.5. The van der Waals surface area contributed by atoms with Crippen LogP contribution < -0.4 is 5.32 Å². The predicted octanol–water partition coefficient (Wildman–Crippen LogP) is 5.89. The summed E-state index contributed by atoms with van der Waals surface area (Å²) in [5, 5.41) is 3.83. The zero-order valence-electron chi connectivity index (χ0n) is 20.9. The fraction of sp³-hybridized carbons (Fsp3) is 0.222. The van der Waals surface area contributed by atoms with E-state index in [1.54, 1.807) is 41.8 Å². The van der Waals surface area contributed by atoms with E-state index in [1.807, 2.05) is 23.6 Å². The SMILES string of the molecule is Cc1cn2c(-c3ccnc(N[C@@H]4CCCN(S(=O)(=O)c5ccc(Cl)cc5)C4)n3)c(-c3ccc(F)cc3)nc2s1. The van der Waals surface area contributed by atoms with Gasteiger partial charge >= 0.3 is 0 Å². The summed E-state index contributed by atoms with van der Waals surface area (Å²) in [5.41, 5.74) is 2.91. The minimum absolute atomic E-state index is 0.165. The lowest BCUT2D eigenvalue weighted by Crippen LogP contribution is -2.45. The zero-order valence-corrected chi connectivity index (χ0v) is 23.3. The van der Waals surface area contributed by atoms with Gasteiger partial charge < -0.3 is 5.32 Å². The first-order valence-corrected chi connectivity index (χ1v) is 15.0. The lowest BCUT2D eigenvalue weighted by Gasteiger charge is -2.32. The van der Waals surface area contributed by atoms with Crippen LogP contribution in [0, 0.1) is 12.7 Å². The summed E-state index contributed by atoms with van der Waals surface area (Å²) >= 11 is 7.51. The maximum Gasteiger partial charge on any atom is 0.243 e. The molecule has 12 heteroatoms. The average molecular weight is 583 g/mol. The Morgan fingerprint density at radius 1 is 1.08 bits per heavy atom. The number of aromatic nitrogens is 4. The first-order chi connectivity index (χ1) is 18.8. The third-order valence-electron chi connectivity index (χ3n) is 6.63. The number of piperidine rings is 1. The van der Waals surface area contributed by atoms with Gasteiger partial charge in [0.25, 0.3) is 0 Å². The number of nitrogens with zero attached hydrogens (tertiary/aromatic N) is 5. The molecule has 39 heavy (non-hydrogen) atoms. The fourth-order valence-electron chi connectivity index (χ4n) is 4.79. The van der Waals surface area contributed by atoms with E-state index in [0.717, 1.165) is 27.5 Å². The topological polar surface area (TPSA) is 92.5 Å². The van der Waals surface area contributed by atoms with Gasteiger partial charge in [-0.3, -0.25) is 4.40 Å². The summed E-state index contributed by atoms with van der Waals surface area (Å²) in [6.07, 6.45) is 5.16. The van der Waals surface area contributed by atoms with Crippen LogP contribution in [-0.4, -0.2) is 51.2 Å². The van der Waals surface area contributed by atoms with Crippen molar-refractivity contribution < 1.29 is 12.8 Å². The third kappa shape index (κ3) is 5.14. The van der Waals surface area contributed by atoms with Crippen LogP contribution in [0.5, 0.6) is 0 Å². The molecule has 5 aromatic rings. The van der Waals surface area contributed by atoms with Crippen molar-refractivity contribution in [2.24, 2.45) is 0 Å². The van der Waals surface area contributed by atoms with E-state index in [1.165, 1.54) is 28.6 Å². The largest absolute Gasteiger partial charge is 0.350 e. The van der Waals surface area contributed by atoms with Gasteiger partial charge in [0.1, 0.15) is 11.5 Å². The van der Waals surface area contributed by atoms with Crippen molar-refractivity contribution in [2.45, 2.75) is 30.7 Å². The minimum Gasteiger partial charge on any atom is -0.350 e. The number of thiazole rings is 1. The Kier molecular flexibility index (Phi) is 6.84. The molecule has 1 fully saturated rings. The third-order valence-corrected chi connectivity index (χ3v) is 9.66. The molecular formula is C27H24ClFN6O2S2. The van der Waals surface area contributed by atoms with E-state index in [-0.39, 0.29) is 16.8 Å². The molecule has 1 aliphatic heterocycles. The Balaban J connectivity index is 1.29. The van der Waals surface area contributed by atoms with Crippen molar-refractivity contribution in [1.29, 1.82) is 0 Å². The number of halogens is 2. The number of fused-ring (bicyclic) bond motifs is 1. The monoisotopic (exact) mass is 582 g/mol. The first kappa shape index (κ1) is 25.9. The van der Waals surface area contributed by atoms with Crippen LogP contribution >= 0.6 is 22.9 Å². The zero-order chi connectivity index (χ0) is 27.1. The quantitative estimate of drug-likeness (QED) is 0.268. The molecule has 8 nitrogen and oxygen atoms in total. The van der Waals surface area contributed by atoms with E-state index in [9.17, 15) is 12.8 Å². The van der Waals surface area contributed by atoms with Gasteiger partial charge in [0.05, 0.1) is 16.3 Å². The summed E-state index contributed by atoms with van der Waals surface area (Å²) in [6, 6.07) is 14.1. The molecule has 1 saturated heterocycles. The number of hydrogen-bond acceptors (Lipinski definition) is 7. The molecular weight excluding hydrogens is 559 g/mol. The van der Waals surface area contributed by atoms with E-state index in [2.05, 4.69) is 10.3 Å². The second kappa shape index (κ2) is 10.3. The average Bonchev–Trinajstić information content (AvgIpc) is 3.45. The van der Waals surface area contributed by atoms with Crippen LogP contribution in [0.1, 0.15) is 17.7 Å². The van der Waals surface area contributed by atoms with Gasteiger partial charge in [0.2, 0.25) is 16.0 Å². The molecule has 200 valence electrons. The maximum absolute atomic E-state index is 13.6. The molecule has 1 aliphatic rings. The molecule has 0 aliphatic carbocycles. The summed E-state index contributed by atoms with van der Waals surface area (Å²) in [5.74, 6) is 0.0838. The highest BCUT2D eigenvalue weighted by atomic mass is 35.5. The lowest BCUT2D eigenvalue weighted by atomic mass is 10.1. The van der Waals surface area contributed by atoms with Crippen LogP contribution in [0.15, 0.2) is 71.9 Å². The molecule has 0 amide bonds. The Labute approximate surface area is 234 Å². The number of rotatable bonds is 6. The number of benzene rings is 2. The van der Waals surface area contributed by atoms with Crippen molar-refractivity contribution >= 4 is 43.9 Å². The second-order valence-electron chi connectivity index (χ2n) is 9.38. The normalized spacial score (nSPS) is 16.5. The highest BCUT2D eigenvalue weighted by Crippen LogP contribution is 2.35. The Morgan fingerprint density at radius 3 is 2.62 bits per heavy atom. The Bertz CT molecular complexity index is 1750. The summed E-state index contributed by atoms with van der Waals surface area (Å²) in [6.45, 7) is 2.75. The number of sulfonamides is 1. The van der Waals surface area contributed by atoms with Gasteiger partial charge in [-0.2, -0.15) is 4.31 Å². The molecule has 6 rings (SSSR count). The molecule has 0 spiro atoms. The van der Waals surface area contributed by atoms with E-state index >= 15 is 0 Å². The maximum atomic E-state index is 13.6. The van der Waals surface area contributed by atoms with Gasteiger partial charge in [-0.15, -0.1) is 11.3 Å². The first-order valence-electron chi connectivity index (χ1n) is 12.4. The number of nitrogens with one attached hydrogen (secondary N) is 1. The van der Waals surface area contributed by atoms with E-state index in [0.29, 0.717) is 41.9 Å². The Hall–Kier alpha value is -3.38. The van der Waals surface area contributed by atoms with Crippen LogP contribution in [-0.2, 0) is 10.0 Å². The number of imidazole rings is 1. The fourth-order valence-corrected chi connectivity index (χ4v) is 7.26. The number of aryl methyl sites for hydroxylation is 1. The van der Waals surface area contributed by atoms with Crippen LogP contribution in [0.3, 0.4) is 0 Å². The van der Waals surface area contributed by atoms with Crippen LogP contribution in [0.2, 0.25) is 5.02 Å². The van der Waals surface area contributed by atoms with E-state index in [4.69, 9.17) is 21.6 Å². The van der Waals surface area contributed by atoms with Gasteiger partial charge in [-0.05, 0) is 74.4 Å². The molecule has 0 saturated carbocycles. The highest BCUT2D eigenvalue weighted by Gasteiger charge is 2.30. The molecule has 0 unspecified atom stereocenters. The molecule has 3 aromatic heterocycles. The van der Waals surface area contributed by atoms with Gasteiger partial charge in [0, 0.05) is 47.0 Å². The number of hydrogen-bond donors (Lipinski definition) is 1. The smallest absolute Gasteiger partial charge is 0.243 e. The van der Waals surface area contributed by atoms with E-state index < -0.39 is 10.0 Å². The second-order valence-corrected chi connectivity index (χ2v) is 13.0. The van der Waals surface area contributed by atoms with Gasteiger partial charge in [-0.1, -0.05) is 11.6 Å². The Morgan fingerprint density at radius 2 is 1.85 bits per heavy atom. The predicted molar refractivity (Wildman–Crippen MR) is 151 cm³/mol. The van der Waals surface area contributed by atoms with Crippen molar-refractivity contribution in [3.8, 4) is 22.6 Å². The molecule has 1 atom stereocenters. The van der Waals surface area contributed by atoms with Crippen molar-refractivity contribution in [3.63, 3.8) is 0 Å². The lowest BCUT2D eigenvalue weighted by molar-refractivity contribution is 0.326. The summed E-state index contributed by atoms with van der Waals surface area (Å²) in [7, 11) is -3.65. The molecule has 4 heterocycles. The summed E-state index contributed by atoms with van der Waals surface area (Å²) in [4.78, 5) is 16.2. The van der Waals surface area contributed by atoms with Crippen molar-refractivity contribution in [3.05, 3.63) is 82.7 Å². The van der Waals surface area contributed by atoms with Gasteiger partial charge in [-0.25, -0.2) is 27.8 Å². The molecule has 1 N–H and O–H groups in total. The van der Waals surface area contributed by atoms with Crippen molar-refractivity contribution in [2.75, 3.05) is 18.4 Å². The molecule has 0 radical (unpaired) electrons. The molecule has 0 bridgehead atoms. The van der Waals surface area contributed by atoms with Crippen molar-refractivity contribution in [1.82, 2.24) is 23.7 Å². The minimum atomic E-state index is -3.65. The van der Waals surface area contributed by atoms with Crippen LogP contribution in [0.4, 0.5) is 10.3 Å². The number of anilines is 1. The standard InChI is InChI=1S/C27H24ClFN6O2S2/c1-17-15-35-25(24(33-27(35)38-17)18-4-8-20(29)9-5-18)23-12-13-30-26(32-23)31-21-3-2-14-34(16-21)39(36,37)22-10-6-19(28)7-11-22/h4-13,15,21H,2-3,14,16H2,1H3,(H,30,31,32)/t21-/m1/s1. The van der Waals surface area contributed by atoms with Gasteiger partial charge in [0.15, 0.2) is 4.96 Å². The van der Waals surface area contributed by atoms with Crippen LogP contribution in [0.25, 0.3) is 27.6 Å². The molecule has 2 aromatic carbocycles. The highest BCUT2D eigenvalue weighted by molar-refractivity contribution is 7.89.